The van der Waals surface area contributed by atoms with Crippen LogP contribution >= 0.6 is 11.3 Å². The Kier molecular flexibility index (Phi) is 6.35. The number of carbonyl (C=O) groups excluding carboxylic acids is 2. The summed E-state index contributed by atoms with van der Waals surface area (Å²) in [7, 11) is 0. The predicted molar refractivity (Wildman–Crippen MR) is 89.6 cm³/mol. The van der Waals surface area contributed by atoms with E-state index in [4.69, 9.17) is 4.74 Å². The van der Waals surface area contributed by atoms with Crippen LogP contribution in [-0.2, 0) is 9.53 Å². The molecule has 1 saturated heterocycles. The lowest BCUT2D eigenvalue weighted by atomic mass is 10.1. The van der Waals surface area contributed by atoms with Gasteiger partial charge in [0, 0.05) is 19.5 Å². The molecule has 0 bridgehead atoms. The Labute approximate surface area is 140 Å². The van der Waals surface area contributed by atoms with Crippen molar-refractivity contribution in [3.05, 3.63) is 10.6 Å². The molecule has 7 nitrogen and oxygen atoms in total. The second-order valence-electron chi connectivity index (χ2n) is 5.95. The first-order chi connectivity index (χ1) is 11.0. The molecule has 0 saturated carbocycles. The molecule has 2 amide bonds. The average molecular weight is 340 g/mol. The SMILES string of the molecule is Cc1nc(N2CCOCC2)sc1C(=O)NNC(=O)CCC(C)C. The third kappa shape index (κ3) is 5.18. The molecule has 8 heteroatoms. The number of rotatable bonds is 5. The van der Waals surface area contributed by atoms with E-state index in [1.807, 2.05) is 0 Å². The van der Waals surface area contributed by atoms with Crippen LogP contribution < -0.4 is 15.8 Å². The largest absolute Gasteiger partial charge is 0.378 e. The van der Waals surface area contributed by atoms with Gasteiger partial charge in [-0.3, -0.25) is 20.4 Å². The zero-order valence-corrected chi connectivity index (χ0v) is 14.7. The Morgan fingerprint density at radius 2 is 2.00 bits per heavy atom. The molecule has 0 aromatic carbocycles. The number of ether oxygens (including phenoxy) is 1. The number of nitrogens with zero attached hydrogens (tertiary/aromatic N) is 2. The van der Waals surface area contributed by atoms with Crippen molar-refractivity contribution in [2.24, 2.45) is 5.92 Å². The lowest BCUT2D eigenvalue weighted by Gasteiger charge is -2.25. The molecule has 1 fully saturated rings. The summed E-state index contributed by atoms with van der Waals surface area (Å²) in [5, 5.41) is 0.821. The maximum Gasteiger partial charge on any atom is 0.281 e. The highest BCUT2D eigenvalue weighted by Gasteiger charge is 2.20. The molecule has 0 unspecified atom stereocenters. The van der Waals surface area contributed by atoms with Crippen LogP contribution in [0, 0.1) is 12.8 Å². The van der Waals surface area contributed by atoms with E-state index in [2.05, 4.69) is 34.6 Å². The Balaban J connectivity index is 1.89. The summed E-state index contributed by atoms with van der Waals surface area (Å²) in [6, 6.07) is 0. The number of hydrazine groups is 1. The van der Waals surface area contributed by atoms with E-state index >= 15 is 0 Å². The lowest BCUT2D eigenvalue weighted by molar-refractivity contribution is -0.122. The van der Waals surface area contributed by atoms with E-state index < -0.39 is 0 Å². The van der Waals surface area contributed by atoms with Gasteiger partial charge in [-0.05, 0) is 19.3 Å². The quantitative estimate of drug-likeness (QED) is 0.794. The highest BCUT2D eigenvalue weighted by molar-refractivity contribution is 7.17. The summed E-state index contributed by atoms with van der Waals surface area (Å²) in [6.07, 6.45) is 1.20. The molecule has 23 heavy (non-hydrogen) atoms. The molecule has 1 aromatic heterocycles. The first kappa shape index (κ1) is 17.7. The summed E-state index contributed by atoms with van der Waals surface area (Å²) in [5.41, 5.74) is 5.60. The van der Waals surface area contributed by atoms with Gasteiger partial charge >= 0.3 is 0 Å². The molecule has 2 rings (SSSR count). The summed E-state index contributed by atoms with van der Waals surface area (Å²) in [4.78, 5) is 31.0. The van der Waals surface area contributed by atoms with Crippen LogP contribution in [0.2, 0.25) is 0 Å². The van der Waals surface area contributed by atoms with E-state index in [1.165, 1.54) is 11.3 Å². The maximum atomic E-state index is 12.2. The first-order valence-corrected chi connectivity index (χ1v) is 8.68. The molecule has 1 aromatic rings. The number of amides is 2. The van der Waals surface area contributed by atoms with E-state index in [-0.39, 0.29) is 11.8 Å². The number of aryl methyl sites for hydroxylation is 1. The van der Waals surface area contributed by atoms with Crippen molar-refractivity contribution in [2.45, 2.75) is 33.6 Å². The van der Waals surface area contributed by atoms with Gasteiger partial charge in [-0.2, -0.15) is 0 Å². The minimum Gasteiger partial charge on any atom is -0.378 e. The Hall–Kier alpha value is -1.67. The molecule has 128 valence electrons. The molecule has 1 aliphatic rings. The Bertz CT molecular complexity index is 553. The molecular weight excluding hydrogens is 316 g/mol. The van der Waals surface area contributed by atoms with Crippen LogP contribution in [0.1, 0.15) is 42.1 Å². The maximum absolute atomic E-state index is 12.2. The monoisotopic (exact) mass is 340 g/mol. The molecule has 0 aliphatic carbocycles. The van der Waals surface area contributed by atoms with Crippen LogP contribution in [0.4, 0.5) is 5.13 Å². The van der Waals surface area contributed by atoms with Gasteiger partial charge in [-0.15, -0.1) is 0 Å². The fourth-order valence-electron chi connectivity index (χ4n) is 2.15. The summed E-state index contributed by atoms with van der Waals surface area (Å²) < 4.78 is 5.32. The van der Waals surface area contributed by atoms with Gasteiger partial charge in [-0.1, -0.05) is 25.2 Å². The molecule has 2 N–H and O–H groups in total. The third-order valence-corrected chi connectivity index (χ3v) is 4.75. The van der Waals surface area contributed by atoms with E-state index in [0.29, 0.717) is 36.1 Å². The number of hydrogen-bond donors (Lipinski definition) is 2. The molecule has 0 spiro atoms. The molecular formula is C15H24N4O3S. The minimum absolute atomic E-state index is 0.178. The number of thiazole rings is 1. The van der Waals surface area contributed by atoms with Gasteiger partial charge in [0.05, 0.1) is 18.9 Å². The number of aromatic nitrogens is 1. The highest BCUT2D eigenvalue weighted by Crippen LogP contribution is 2.26. The van der Waals surface area contributed by atoms with Gasteiger partial charge in [0.25, 0.3) is 5.91 Å². The number of carbonyl (C=O) groups is 2. The molecule has 2 heterocycles. The van der Waals surface area contributed by atoms with Crippen LogP contribution in [0.5, 0.6) is 0 Å². The molecule has 0 atom stereocenters. The second kappa shape index (κ2) is 8.26. The van der Waals surface area contributed by atoms with E-state index in [1.54, 1.807) is 6.92 Å². The Morgan fingerprint density at radius 1 is 1.30 bits per heavy atom. The van der Waals surface area contributed by atoms with Crippen molar-refractivity contribution in [1.29, 1.82) is 0 Å². The van der Waals surface area contributed by atoms with Gasteiger partial charge in [0.1, 0.15) is 4.88 Å². The average Bonchev–Trinajstić information content (AvgIpc) is 2.93. The van der Waals surface area contributed by atoms with Crippen molar-refractivity contribution in [3.8, 4) is 0 Å². The zero-order valence-electron chi connectivity index (χ0n) is 13.8. The third-order valence-electron chi connectivity index (χ3n) is 3.54. The summed E-state index contributed by atoms with van der Waals surface area (Å²) >= 11 is 1.34. The predicted octanol–water partition coefficient (Wildman–Crippen LogP) is 1.49. The molecule has 1 aliphatic heterocycles. The van der Waals surface area contributed by atoms with Crippen LogP contribution in [0.3, 0.4) is 0 Å². The second-order valence-corrected chi connectivity index (χ2v) is 6.92. The fourth-order valence-corrected chi connectivity index (χ4v) is 3.16. The standard InChI is InChI=1S/C15H24N4O3S/c1-10(2)4-5-12(20)17-18-14(21)13-11(3)16-15(23-13)19-6-8-22-9-7-19/h10H,4-9H2,1-3H3,(H,17,20)(H,18,21). The number of anilines is 1. The van der Waals surface area contributed by atoms with Crippen molar-refractivity contribution in [2.75, 3.05) is 31.2 Å². The van der Waals surface area contributed by atoms with Gasteiger partial charge in [0.15, 0.2) is 5.13 Å². The van der Waals surface area contributed by atoms with Gasteiger partial charge in [-0.25, -0.2) is 4.98 Å². The first-order valence-electron chi connectivity index (χ1n) is 7.86. The van der Waals surface area contributed by atoms with Gasteiger partial charge in [0.2, 0.25) is 5.91 Å². The smallest absolute Gasteiger partial charge is 0.281 e. The highest BCUT2D eigenvalue weighted by atomic mass is 32.1. The summed E-state index contributed by atoms with van der Waals surface area (Å²) in [6.45, 7) is 8.81. The van der Waals surface area contributed by atoms with Crippen LogP contribution in [-0.4, -0.2) is 43.1 Å². The molecule has 0 radical (unpaired) electrons. The van der Waals surface area contributed by atoms with Crippen molar-refractivity contribution in [1.82, 2.24) is 15.8 Å². The topological polar surface area (TPSA) is 83.6 Å². The van der Waals surface area contributed by atoms with Crippen molar-refractivity contribution < 1.29 is 14.3 Å². The Morgan fingerprint density at radius 3 is 2.65 bits per heavy atom. The number of morpholine rings is 1. The van der Waals surface area contributed by atoms with Gasteiger partial charge < -0.3 is 9.64 Å². The normalized spacial score (nSPS) is 14.9. The summed E-state index contributed by atoms with van der Waals surface area (Å²) in [5.74, 6) is -0.0451. The van der Waals surface area contributed by atoms with Crippen LogP contribution in [0.25, 0.3) is 0 Å². The zero-order chi connectivity index (χ0) is 16.8. The number of hydrogen-bond acceptors (Lipinski definition) is 6. The minimum atomic E-state index is -0.322. The number of nitrogens with one attached hydrogen (secondary N) is 2. The fraction of sp³-hybridized carbons (Fsp3) is 0.667. The van der Waals surface area contributed by atoms with E-state index in [0.717, 1.165) is 24.6 Å². The van der Waals surface area contributed by atoms with Crippen LogP contribution in [0.15, 0.2) is 0 Å². The van der Waals surface area contributed by atoms with Crippen molar-refractivity contribution in [3.63, 3.8) is 0 Å². The van der Waals surface area contributed by atoms with Crippen molar-refractivity contribution >= 4 is 28.3 Å². The van der Waals surface area contributed by atoms with E-state index in [9.17, 15) is 9.59 Å². The lowest BCUT2D eigenvalue weighted by Crippen LogP contribution is -2.41.